The van der Waals surface area contributed by atoms with Gasteiger partial charge in [0.25, 0.3) is 0 Å². The Morgan fingerprint density at radius 3 is 2.79 bits per heavy atom. The Morgan fingerprint density at radius 1 is 1.18 bits per heavy atom. The largest absolute Gasteiger partial charge is 0.465 e. The molecule has 0 saturated carbocycles. The zero-order chi connectivity index (χ0) is 19.5. The van der Waals surface area contributed by atoms with Crippen molar-refractivity contribution in [3.8, 4) is 0 Å². The molecule has 6 heteroatoms. The maximum Gasteiger partial charge on any atom is 0.237 e. The number of fused-ring (bicyclic) bond motifs is 1. The van der Waals surface area contributed by atoms with Crippen LogP contribution < -0.4 is 5.32 Å². The normalized spacial score (nSPS) is 20.4. The number of aryl methyl sites for hydroxylation is 2. The maximum absolute atomic E-state index is 13.1. The first-order valence-corrected chi connectivity index (χ1v) is 10.0. The Hall–Kier alpha value is -2.60. The average molecular weight is 381 g/mol. The van der Waals surface area contributed by atoms with Gasteiger partial charge in [-0.25, -0.2) is 0 Å². The molecule has 28 heavy (non-hydrogen) atoms. The molecular formula is C22H27N3O3. The summed E-state index contributed by atoms with van der Waals surface area (Å²) in [6.45, 7) is 5.12. The Kier molecular flexibility index (Phi) is 5.48. The minimum absolute atomic E-state index is 0.0411. The smallest absolute Gasteiger partial charge is 0.237 e. The van der Waals surface area contributed by atoms with E-state index in [1.165, 1.54) is 11.1 Å². The van der Waals surface area contributed by atoms with Gasteiger partial charge in [-0.2, -0.15) is 0 Å². The van der Waals surface area contributed by atoms with Crippen molar-refractivity contribution in [2.24, 2.45) is 0 Å². The van der Waals surface area contributed by atoms with Gasteiger partial charge in [0, 0.05) is 26.2 Å². The van der Waals surface area contributed by atoms with E-state index in [1.807, 2.05) is 30.0 Å². The number of nitrogens with one attached hydrogen (secondary N) is 1. The summed E-state index contributed by atoms with van der Waals surface area (Å²) in [4.78, 5) is 29.6. The topological polar surface area (TPSA) is 65.8 Å². The summed E-state index contributed by atoms with van der Waals surface area (Å²) in [5.41, 5.74) is 2.53. The highest BCUT2D eigenvalue weighted by atomic mass is 16.3. The van der Waals surface area contributed by atoms with Crippen LogP contribution in [0.4, 0.5) is 0 Å². The van der Waals surface area contributed by atoms with Crippen LogP contribution >= 0.6 is 0 Å². The molecule has 0 aliphatic carbocycles. The van der Waals surface area contributed by atoms with E-state index >= 15 is 0 Å². The lowest BCUT2D eigenvalue weighted by atomic mass is 10.0. The summed E-state index contributed by atoms with van der Waals surface area (Å²) >= 11 is 0. The number of benzene rings is 1. The molecule has 0 spiro atoms. The zero-order valence-electron chi connectivity index (χ0n) is 16.3. The molecule has 2 aromatic rings. The molecule has 4 rings (SSSR count). The van der Waals surface area contributed by atoms with E-state index in [1.54, 1.807) is 0 Å². The van der Waals surface area contributed by atoms with Gasteiger partial charge >= 0.3 is 0 Å². The van der Waals surface area contributed by atoms with Gasteiger partial charge in [0.05, 0.1) is 19.0 Å². The Bertz CT molecular complexity index is 860. The Labute approximate surface area is 165 Å². The predicted octanol–water partition coefficient (Wildman–Crippen LogP) is 2.25. The summed E-state index contributed by atoms with van der Waals surface area (Å²) in [5.74, 6) is 1.65. The van der Waals surface area contributed by atoms with Gasteiger partial charge in [-0.1, -0.05) is 24.3 Å². The van der Waals surface area contributed by atoms with E-state index in [9.17, 15) is 9.59 Å². The number of rotatable bonds is 4. The van der Waals surface area contributed by atoms with Crippen molar-refractivity contribution in [3.63, 3.8) is 0 Å². The molecule has 0 radical (unpaired) electrons. The highest BCUT2D eigenvalue weighted by Crippen LogP contribution is 2.21. The molecule has 1 aromatic carbocycles. The SMILES string of the molecule is Cc1ccc(CN2CCNC(=O)C2CC(=O)N2CCCc3ccccc3C2)o1. The van der Waals surface area contributed by atoms with E-state index < -0.39 is 6.04 Å². The Morgan fingerprint density at radius 2 is 2.00 bits per heavy atom. The predicted molar refractivity (Wildman–Crippen MR) is 105 cm³/mol. The van der Waals surface area contributed by atoms with Crippen LogP contribution in [0.3, 0.4) is 0 Å². The molecule has 1 aromatic heterocycles. The number of nitrogens with zero attached hydrogens (tertiary/aromatic N) is 2. The lowest BCUT2D eigenvalue weighted by molar-refractivity contribution is -0.139. The fourth-order valence-corrected chi connectivity index (χ4v) is 4.15. The first-order chi connectivity index (χ1) is 13.6. The molecule has 1 fully saturated rings. The summed E-state index contributed by atoms with van der Waals surface area (Å²) < 4.78 is 5.68. The summed E-state index contributed by atoms with van der Waals surface area (Å²) in [5, 5.41) is 2.91. The molecule has 1 atom stereocenters. The van der Waals surface area contributed by atoms with Crippen molar-refractivity contribution in [1.29, 1.82) is 0 Å². The van der Waals surface area contributed by atoms with Crippen LogP contribution in [0.15, 0.2) is 40.8 Å². The van der Waals surface area contributed by atoms with E-state index in [0.717, 1.165) is 30.9 Å². The van der Waals surface area contributed by atoms with Crippen molar-refractivity contribution in [3.05, 3.63) is 59.0 Å². The number of amides is 2. The van der Waals surface area contributed by atoms with E-state index in [4.69, 9.17) is 4.42 Å². The fourth-order valence-electron chi connectivity index (χ4n) is 4.15. The molecule has 3 heterocycles. The van der Waals surface area contributed by atoms with Gasteiger partial charge in [-0.15, -0.1) is 0 Å². The molecule has 6 nitrogen and oxygen atoms in total. The van der Waals surface area contributed by atoms with Crippen LogP contribution in [0, 0.1) is 6.92 Å². The number of hydrogen-bond donors (Lipinski definition) is 1. The van der Waals surface area contributed by atoms with E-state index in [2.05, 4.69) is 28.4 Å². The number of furan rings is 1. The summed E-state index contributed by atoms with van der Waals surface area (Å²) in [6, 6.07) is 11.7. The number of carbonyl (C=O) groups is 2. The fraction of sp³-hybridized carbons (Fsp3) is 0.455. The molecule has 0 bridgehead atoms. The molecule has 2 amide bonds. The maximum atomic E-state index is 13.1. The lowest BCUT2D eigenvalue weighted by Gasteiger charge is -2.35. The van der Waals surface area contributed by atoms with Gasteiger partial charge in [0.2, 0.25) is 11.8 Å². The number of piperazine rings is 1. The summed E-state index contributed by atoms with van der Waals surface area (Å²) in [7, 11) is 0. The number of carbonyl (C=O) groups excluding carboxylic acids is 2. The van der Waals surface area contributed by atoms with Crippen LogP contribution in [-0.4, -0.2) is 47.3 Å². The minimum atomic E-state index is -0.454. The standard InChI is InChI=1S/C22H27N3O3/c1-16-8-9-19(28-16)15-24-12-10-23-22(27)20(24)13-21(26)25-11-4-7-17-5-2-3-6-18(17)14-25/h2-3,5-6,8-9,20H,4,7,10-15H2,1H3,(H,23,27). The first kappa shape index (κ1) is 18.7. The zero-order valence-corrected chi connectivity index (χ0v) is 16.3. The third-order valence-corrected chi connectivity index (χ3v) is 5.67. The monoisotopic (exact) mass is 381 g/mol. The van der Waals surface area contributed by atoms with Crippen LogP contribution in [0.2, 0.25) is 0 Å². The van der Waals surface area contributed by atoms with Gasteiger partial charge in [0.15, 0.2) is 0 Å². The van der Waals surface area contributed by atoms with Crippen LogP contribution in [-0.2, 0) is 29.1 Å². The van der Waals surface area contributed by atoms with Crippen molar-refractivity contribution in [2.45, 2.75) is 45.3 Å². The minimum Gasteiger partial charge on any atom is -0.465 e. The summed E-state index contributed by atoms with van der Waals surface area (Å²) in [6.07, 6.45) is 2.15. The lowest BCUT2D eigenvalue weighted by Crippen LogP contribution is -2.56. The molecule has 1 saturated heterocycles. The van der Waals surface area contributed by atoms with Crippen LogP contribution in [0.1, 0.15) is 35.5 Å². The van der Waals surface area contributed by atoms with Crippen molar-refractivity contribution >= 4 is 11.8 Å². The number of hydrogen-bond acceptors (Lipinski definition) is 4. The van der Waals surface area contributed by atoms with Gasteiger partial charge in [-0.05, 0) is 43.0 Å². The van der Waals surface area contributed by atoms with Crippen LogP contribution in [0.5, 0.6) is 0 Å². The average Bonchev–Trinajstić information content (AvgIpc) is 2.97. The van der Waals surface area contributed by atoms with Gasteiger partial charge in [0.1, 0.15) is 11.5 Å². The molecular weight excluding hydrogens is 354 g/mol. The van der Waals surface area contributed by atoms with Gasteiger partial charge < -0.3 is 14.6 Å². The molecule has 2 aliphatic rings. The quantitative estimate of drug-likeness (QED) is 0.882. The highest BCUT2D eigenvalue weighted by Gasteiger charge is 2.33. The second-order valence-corrected chi connectivity index (χ2v) is 7.68. The molecule has 1 N–H and O–H groups in total. The highest BCUT2D eigenvalue weighted by molar-refractivity contribution is 5.88. The van der Waals surface area contributed by atoms with Crippen molar-refractivity contribution < 1.29 is 14.0 Å². The third-order valence-electron chi connectivity index (χ3n) is 5.67. The second-order valence-electron chi connectivity index (χ2n) is 7.68. The second kappa shape index (κ2) is 8.19. The van der Waals surface area contributed by atoms with E-state index in [0.29, 0.717) is 26.2 Å². The molecule has 2 aliphatic heterocycles. The van der Waals surface area contributed by atoms with E-state index in [-0.39, 0.29) is 18.2 Å². The third kappa shape index (κ3) is 4.12. The van der Waals surface area contributed by atoms with Crippen molar-refractivity contribution in [1.82, 2.24) is 15.1 Å². The Balaban J connectivity index is 1.45. The first-order valence-electron chi connectivity index (χ1n) is 10.0. The van der Waals surface area contributed by atoms with Crippen LogP contribution in [0.25, 0.3) is 0 Å². The molecule has 1 unspecified atom stereocenters. The van der Waals surface area contributed by atoms with Crippen molar-refractivity contribution in [2.75, 3.05) is 19.6 Å². The molecule has 148 valence electrons. The van der Waals surface area contributed by atoms with Gasteiger partial charge in [-0.3, -0.25) is 14.5 Å².